The van der Waals surface area contributed by atoms with Crippen LogP contribution in [0.1, 0.15) is 27.0 Å². The maximum absolute atomic E-state index is 13.1. The number of hydrogen-bond donors (Lipinski definition) is 0. The second-order valence-electron chi connectivity index (χ2n) is 7.00. The molecule has 0 fully saturated rings. The number of hydrogen-bond acceptors (Lipinski definition) is 3. The predicted octanol–water partition coefficient (Wildman–Crippen LogP) is 5.23. The van der Waals surface area contributed by atoms with Crippen LogP contribution >= 0.6 is 23.2 Å². The van der Waals surface area contributed by atoms with Gasteiger partial charge in [-0.05, 0) is 53.6 Å². The van der Waals surface area contributed by atoms with Gasteiger partial charge < -0.3 is 4.90 Å². The van der Waals surface area contributed by atoms with Gasteiger partial charge in [0.1, 0.15) is 0 Å². The standard InChI is InChI=1S/C25H16Cl2N2O2/c1-29-23-10-8-16(4-2-5-17-6-3-11-28-15-17)12-19(23)24(30)20(25(29)31)13-18-7-9-21(26)22(27)14-18/h3,6-15H,5H2,1H3/b20-13+. The Morgan fingerprint density at radius 1 is 1.06 bits per heavy atom. The second kappa shape index (κ2) is 8.77. The average Bonchev–Trinajstić information content (AvgIpc) is 2.78. The summed E-state index contributed by atoms with van der Waals surface area (Å²) in [5.74, 6) is 5.46. The van der Waals surface area contributed by atoms with Gasteiger partial charge in [-0.3, -0.25) is 14.6 Å². The monoisotopic (exact) mass is 446 g/mol. The van der Waals surface area contributed by atoms with E-state index in [1.165, 1.54) is 11.0 Å². The lowest BCUT2D eigenvalue weighted by molar-refractivity contribution is -0.114. The van der Waals surface area contributed by atoms with Gasteiger partial charge >= 0.3 is 0 Å². The first kappa shape index (κ1) is 20.9. The molecule has 0 radical (unpaired) electrons. The lowest BCUT2D eigenvalue weighted by Gasteiger charge is -2.26. The maximum atomic E-state index is 13.1. The number of pyridine rings is 1. The van der Waals surface area contributed by atoms with E-state index in [1.807, 2.05) is 12.1 Å². The van der Waals surface area contributed by atoms with E-state index in [0.29, 0.717) is 38.8 Å². The molecule has 0 N–H and O–H groups in total. The highest BCUT2D eigenvalue weighted by Crippen LogP contribution is 2.32. The van der Waals surface area contributed by atoms with Crippen LogP contribution in [-0.2, 0) is 11.2 Å². The van der Waals surface area contributed by atoms with Gasteiger partial charge in [-0.15, -0.1) is 0 Å². The minimum Gasteiger partial charge on any atom is -0.311 e. The Labute approximate surface area is 190 Å². The molecule has 1 amide bonds. The predicted molar refractivity (Wildman–Crippen MR) is 123 cm³/mol. The van der Waals surface area contributed by atoms with Gasteiger partial charge in [0, 0.05) is 37.0 Å². The minimum absolute atomic E-state index is 0.0638. The zero-order valence-electron chi connectivity index (χ0n) is 16.5. The van der Waals surface area contributed by atoms with Gasteiger partial charge in [0.25, 0.3) is 5.91 Å². The number of halogens is 2. The van der Waals surface area contributed by atoms with E-state index in [1.54, 1.807) is 55.8 Å². The molecule has 2 aromatic carbocycles. The Balaban J connectivity index is 1.67. The Morgan fingerprint density at radius 2 is 1.90 bits per heavy atom. The molecule has 0 atom stereocenters. The van der Waals surface area contributed by atoms with Crippen LogP contribution in [-0.4, -0.2) is 23.7 Å². The number of likely N-dealkylation sites (N-methyl/N-ethyl adjacent to an activating group) is 1. The Kier molecular flexibility index (Phi) is 5.90. The van der Waals surface area contributed by atoms with E-state index in [9.17, 15) is 9.59 Å². The van der Waals surface area contributed by atoms with Crippen molar-refractivity contribution in [1.82, 2.24) is 4.98 Å². The SMILES string of the molecule is CN1C(=O)/C(=C/c2ccc(Cl)c(Cl)c2)C(=O)c2cc(C#CCc3cccnc3)ccc21. The van der Waals surface area contributed by atoms with Crippen molar-refractivity contribution < 1.29 is 9.59 Å². The molecule has 1 aromatic heterocycles. The van der Waals surface area contributed by atoms with Gasteiger partial charge in [0.05, 0.1) is 21.3 Å². The van der Waals surface area contributed by atoms with Gasteiger partial charge in [-0.2, -0.15) is 0 Å². The summed E-state index contributed by atoms with van der Waals surface area (Å²) in [5, 5.41) is 0.758. The van der Waals surface area contributed by atoms with E-state index in [4.69, 9.17) is 23.2 Å². The molecular weight excluding hydrogens is 431 g/mol. The van der Waals surface area contributed by atoms with Crippen LogP contribution < -0.4 is 4.90 Å². The molecule has 1 aliphatic rings. The summed E-state index contributed by atoms with van der Waals surface area (Å²) in [4.78, 5) is 31.5. The van der Waals surface area contributed by atoms with Crippen molar-refractivity contribution in [2.75, 3.05) is 11.9 Å². The summed E-state index contributed by atoms with van der Waals surface area (Å²) in [6.45, 7) is 0. The highest BCUT2D eigenvalue weighted by atomic mass is 35.5. The van der Waals surface area contributed by atoms with Crippen LogP contribution in [0.5, 0.6) is 0 Å². The number of nitrogens with zero attached hydrogens (tertiary/aromatic N) is 2. The Hall–Kier alpha value is -3.39. The van der Waals surface area contributed by atoms with Gasteiger partial charge in [-0.25, -0.2) is 0 Å². The average molecular weight is 447 g/mol. The molecule has 0 bridgehead atoms. The Bertz CT molecular complexity index is 1290. The number of carbonyl (C=O) groups excluding carboxylic acids is 2. The van der Waals surface area contributed by atoms with Crippen LogP contribution in [0.2, 0.25) is 10.0 Å². The molecule has 0 saturated carbocycles. The smallest absolute Gasteiger partial charge is 0.262 e. The molecule has 0 aliphatic carbocycles. The van der Waals surface area contributed by atoms with Gasteiger partial charge in [0.2, 0.25) is 5.78 Å². The van der Waals surface area contributed by atoms with Crippen molar-refractivity contribution in [3.63, 3.8) is 0 Å². The fraction of sp³-hybridized carbons (Fsp3) is 0.0800. The van der Waals surface area contributed by atoms with Gasteiger partial charge in [0.15, 0.2) is 0 Å². The number of fused-ring (bicyclic) bond motifs is 1. The largest absolute Gasteiger partial charge is 0.311 e. The van der Waals surface area contributed by atoms with E-state index >= 15 is 0 Å². The third kappa shape index (κ3) is 4.39. The van der Waals surface area contributed by atoms with Crippen molar-refractivity contribution in [2.24, 2.45) is 0 Å². The van der Waals surface area contributed by atoms with Crippen LogP contribution in [0.3, 0.4) is 0 Å². The van der Waals surface area contributed by atoms with Crippen molar-refractivity contribution in [1.29, 1.82) is 0 Å². The Morgan fingerprint density at radius 3 is 2.65 bits per heavy atom. The number of rotatable bonds is 2. The molecule has 6 heteroatoms. The first-order chi connectivity index (χ1) is 14.9. The zero-order valence-corrected chi connectivity index (χ0v) is 18.0. The van der Waals surface area contributed by atoms with E-state index in [2.05, 4.69) is 16.8 Å². The fourth-order valence-electron chi connectivity index (χ4n) is 3.27. The van der Waals surface area contributed by atoms with Crippen molar-refractivity contribution >= 4 is 46.7 Å². The number of benzene rings is 2. The molecule has 31 heavy (non-hydrogen) atoms. The lowest BCUT2D eigenvalue weighted by atomic mass is 9.92. The van der Waals surface area contributed by atoms with Crippen LogP contribution in [0.25, 0.3) is 6.08 Å². The molecule has 0 unspecified atom stereocenters. The summed E-state index contributed by atoms with van der Waals surface area (Å²) < 4.78 is 0. The summed E-state index contributed by atoms with van der Waals surface area (Å²) in [6.07, 6.45) is 5.57. The maximum Gasteiger partial charge on any atom is 0.262 e. The number of aromatic nitrogens is 1. The number of amides is 1. The first-order valence-corrected chi connectivity index (χ1v) is 10.2. The molecule has 3 aromatic rings. The number of carbonyl (C=O) groups is 2. The highest BCUT2D eigenvalue weighted by Gasteiger charge is 2.32. The minimum atomic E-state index is -0.376. The quantitative estimate of drug-likeness (QED) is 0.307. The van der Waals surface area contributed by atoms with Crippen molar-refractivity contribution in [3.8, 4) is 11.8 Å². The third-order valence-electron chi connectivity index (χ3n) is 4.88. The number of ketones is 1. The van der Waals surface area contributed by atoms with Crippen molar-refractivity contribution in [3.05, 3.63) is 98.8 Å². The number of Topliss-reactive ketones (excluding diaryl/α,β-unsaturated/α-hetero) is 1. The summed E-state index contributed by atoms with van der Waals surface area (Å²) in [5.41, 5.74) is 3.39. The fourth-order valence-corrected chi connectivity index (χ4v) is 3.57. The molecule has 1 aliphatic heterocycles. The molecule has 4 nitrogen and oxygen atoms in total. The van der Waals surface area contributed by atoms with Gasteiger partial charge in [-0.1, -0.05) is 47.2 Å². The van der Waals surface area contributed by atoms with Crippen LogP contribution in [0.15, 0.2) is 66.5 Å². The summed E-state index contributed by atoms with van der Waals surface area (Å²) in [7, 11) is 1.64. The van der Waals surface area contributed by atoms with Crippen molar-refractivity contribution in [2.45, 2.75) is 6.42 Å². The first-order valence-electron chi connectivity index (χ1n) is 9.45. The number of anilines is 1. The molecule has 0 spiro atoms. The van der Waals surface area contributed by atoms with E-state index in [0.717, 1.165) is 5.56 Å². The summed E-state index contributed by atoms with van der Waals surface area (Å²) >= 11 is 12.0. The molecule has 0 saturated heterocycles. The normalized spacial score (nSPS) is 14.3. The molecule has 2 heterocycles. The molecule has 4 rings (SSSR count). The molecule has 152 valence electrons. The van der Waals surface area contributed by atoms with Crippen LogP contribution in [0.4, 0.5) is 5.69 Å². The molecular formula is C25H16Cl2N2O2. The summed E-state index contributed by atoms with van der Waals surface area (Å²) in [6, 6.07) is 14.0. The second-order valence-corrected chi connectivity index (χ2v) is 7.81. The topological polar surface area (TPSA) is 50.3 Å². The zero-order chi connectivity index (χ0) is 22.0. The van der Waals surface area contributed by atoms with E-state index < -0.39 is 0 Å². The third-order valence-corrected chi connectivity index (χ3v) is 5.62. The van der Waals surface area contributed by atoms with Crippen LogP contribution in [0, 0.1) is 11.8 Å². The highest BCUT2D eigenvalue weighted by molar-refractivity contribution is 6.42. The van der Waals surface area contributed by atoms with E-state index in [-0.39, 0.29) is 17.3 Å². The lowest BCUT2D eigenvalue weighted by Crippen LogP contribution is -2.36.